The predicted octanol–water partition coefficient (Wildman–Crippen LogP) is 0.736. The molecule has 8 heteroatoms. The number of nitrogens with one attached hydrogen (secondary N) is 1. The minimum atomic E-state index is -0.856. The maximum Gasteiger partial charge on any atom is 0.494 e. The Balaban J connectivity index is 1.81. The SMILES string of the molecule is CC1(C)OB(c2ccc3c(c2)CC(COC(N)=O)NC3=O)OC1(C)C. The van der Waals surface area contributed by atoms with Crippen molar-refractivity contribution in [1.82, 2.24) is 5.32 Å². The highest BCUT2D eigenvalue weighted by Gasteiger charge is 2.51. The van der Waals surface area contributed by atoms with Gasteiger partial charge in [0.2, 0.25) is 0 Å². The number of carbonyl (C=O) groups excluding carboxylic acids is 2. The summed E-state index contributed by atoms with van der Waals surface area (Å²) in [6.45, 7) is 8.03. The molecule has 0 radical (unpaired) electrons. The average Bonchev–Trinajstić information content (AvgIpc) is 2.73. The van der Waals surface area contributed by atoms with Gasteiger partial charge in [0.1, 0.15) is 6.61 Å². The van der Waals surface area contributed by atoms with Gasteiger partial charge in [-0.1, -0.05) is 12.1 Å². The summed E-state index contributed by atoms with van der Waals surface area (Å²) >= 11 is 0. The van der Waals surface area contributed by atoms with Crippen LogP contribution in [0.4, 0.5) is 4.79 Å². The molecule has 1 fully saturated rings. The van der Waals surface area contributed by atoms with E-state index in [-0.39, 0.29) is 18.6 Å². The first kappa shape index (κ1) is 17.8. The van der Waals surface area contributed by atoms with Crippen molar-refractivity contribution in [1.29, 1.82) is 0 Å². The van der Waals surface area contributed by atoms with Crippen LogP contribution in [0.5, 0.6) is 0 Å². The van der Waals surface area contributed by atoms with Gasteiger partial charge in [-0.3, -0.25) is 4.79 Å². The number of primary amides is 1. The van der Waals surface area contributed by atoms with E-state index in [1.54, 1.807) is 6.07 Å². The van der Waals surface area contributed by atoms with Crippen molar-refractivity contribution in [2.24, 2.45) is 5.73 Å². The Labute approximate surface area is 147 Å². The number of benzene rings is 1. The molecule has 134 valence electrons. The number of fused-ring (bicyclic) bond motifs is 1. The maximum absolute atomic E-state index is 12.2. The lowest BCUT2D eigenvalue weighted by molar-refractivity contribution is 0.00578. The zero-order valence-corrected chi connectivity index (χ0v) is 14.9. The second kappa shape index (κ2) is 6.03. The molecule has 1 aromatic carbocycles. The Hall–Kier alpha value is -2.06. The van der Waals surface area contributed by atoms with E-state index in [1.807, 2.05) is 39.8 Å². The number of hydrogen-bond donors (Lipinski definition) is 2. The molecular weight excluding hydrogens is 323 g/mol. The Bertz CT molecular complexity index is 703. The van der Waals surface area contributed by atoms with Crippen molar-refractivity contribution in [3.63, 3.8) is 0 Å². The zero-order valence-electron chi connectivity index (χ0n) is 14.9. The Morgan fingerprint density at radius 2 is 1.96 bits per heavy atom. The summed E-state index contributed by atoms with van der Waals surface area (Å²) in [6, 6.07) is 5.24. The lowest BCUT2D eigenvalue weighted by Crippen LogP contribution is -2.45. The van der Waals surface area contributed by atoms with Gasteiger partial charge < -0.3 is 25.1 Å². The third-order valence-corrected chi connectivity index (χ3v) is 5.13. The molecule has 1 aromatic rings. The molecule has 0 aliphatic carbocycles. The number of amides is 2. The van der Waals surface area contributed by atoms with E-state index in [0.29, 0.717) is 12.0 Å². The van der Waals surface area contributed by atoms with Gasteiger partial charge in [-0.05, 0) is 51.2 Å². The molecule has 3 N–H and O–H groups in total. The molecule has 1 unspecified atom stereocenters. The van der Waals surface area contributed by atoms with Crippen LogP contribution in [-0.4, -0.2) is 43.0 Å². The van der Waals surface area contributed by atoms with Crippen LogP contribution in [0.3, 0.4) is 0 Å². The molecular formula is C17H23BN2O5. The molecule has 1 atom stereocenters. The summed E-state index contributed by atoms with van der Waals surface area (Å²) in [5.41, 5.74) is 6.47. The standard InChI is InChI=1S/C17H23BN2O5/c1-16(2)17(3,4)25-18(24-16)11-5-6-13-10(7-11)8-12(20-14(13)21)9-23-15(19)22/h5-7,12H,8-9H2,1-4H3,(H2,19,22)(H,20,21). The van der Waals surface area contributed by atoms with E-state index in [4.69, 9.17) is 19.8 Å². The van der Waals surface area contributed by atoms with Crippen LogP contribution in [0.1, 0.15) is 43.6 Å². The smallest absolute Gasteiger partial charge is 0.448 e. The second-order valence-electron chi connectivity index (χ2n) is 7.51. The van der Waals surface area contributed by atoms with Crippen LogP contribution >= 0.6 is 0 Å². The first-order valence-corrected chi connectivity index (χ1v) is 8.30. The Morgan fingerprint density at radius 1 is 1.32 bits per heavy atom. The fourth-order valence-corrected chi connectivity index (χ4v) is 2.99. The largest absolute Gasteiger partial charge is 0.494 e. The highest BCUT2D eigenvalue weighted by Crippen LogP contribution is 2.36. The molecule has 7 nitrogen and oxygen atoms in total. The van der Waals surface area contributed by atoms with Gasteiger partial charge in [0.05, 0.1) is 17.2 Å². The summed E-state index contributed by atoms with van der Waals surface area (Å²) in [6.07, 6.45) is -0.312. The van der Waals surface area contributed by atoms with E-state index in [9.17, 15) is 9.59 Å². The monoisotopic (exact) mass is 346 g/mol. The number of ether oxygens (including phenoxy) is 1. The van der Waals surface area contributed by atoms with Crippen molar-refractivity contribution >= 4 is 24.6 Å². The van der Waals surface area contributed by atoms with Crippen molar-refractivity contribution in [2.75, 3.05) is 6.61 Å². The summed E-state index contributed by atoms with van der Waals surface area (Å²) < 4.78 is 16.9. The molecule has 2 aliphatic rings. The average molecular weight is 346 g/mol. The highest BCUT2D eigenvalue weighted by molar-refractivity contribution is 6.62. The zero-order chi connectivity index (χ0) is 18.4. The van der Waals surface area contributed by atoms with Crippen molar-refractivity contribution in [2.45, 2.75) is 51.4 Å². The number of hydrogen-bond acceptors (Lipinski definition) is 5. The van der Waals surface area contributed by atoms with Gasteiger partial charge in [0, 0.05) is 5.56 Å². The molecule has 2 aliphatic heterocycles. The van der Waals surface area contributed by atoms with Gasteiger partial charge in [0.15, 0.2) is 0 Å². The van der Waals surface area contributed by atoms with Crippen LogP contribution in [-0.2, 0) is 20.5 Å². The van der Waals surface area contributed by atoms with E-state index >= 15 is 0 Å². The van der Waals surface area contributed by atoms with Crippen LogP contribution in [0.25, 0.3) is 0 Å². The molecule has 2 amide bonds. The quantitative estimate of drug-likeness (QED) is 0.787. The van der Waals surface area contributed by atoms with Crippen LogP contribution in [0.15, 0.2) is 18.2 Å². The lowest BCUT2D eigenvalue weighted by atomic mass is 9.76. The van der Waals surface area contributed by atoms with Crippen LogP contribution < -0.4 is 16.5 Å². The third-order valence-electron chi connectivity index (χ3n) is 5.13. The van der Waals surface area contributed by atoms with E-state index < -0.39 is 24.4 Å². The van der Waals surface area contributed by atoms with Crippen molar-refractivity contribution in [3.8, 4) is 0 Å². The molecule has 2 heterocycles. The number of rotatable bonds is 3. The van der Waals surface area contributed by atoms with E-state index in [1.165, 1.54) is 0 Å². The van der Waals surface area contributed by atoms with Crippen molar-refractivity contribution < 1.29 is 23.6 Å². The van der Waals surface area contributed by atoms with Crippen LogP contribution in [0, 0.1) is 0 Å². The van der Waals surface area contributed by atoms with Gasteiger partial charge in [0.25, 0.3) is 5.91 Å². The number of nitrogens with two attached hydrogens (primary N) is 1. The fourth-order valence-electron chi connectivity index (χ4n) is 2.99. The minimum absolute atomic E-state index is 0.0429. The lowest BCUT2D eigenvalue weighted by Gasteiger charge is -2.32. The first-order valence-electron chi connectivity index (χ1n) is 8.30. The van der Waals surface area contributed by atoms with Crippen LogP contribution in [0.2, 0.25) is 0 Å². The Kier molecular flexibility index (Phi) is 4.29. The van der Waals surface area contributed by atoms with Gasteiger partial charge >= 0.3 is 13.2 Å². The molecule has 25 heavy (non-hydrogen) atoms. The summed E-state index contributed by atoms with van der Waals surface area (Å²) in [5, 5.41) is 2.81. The third kappa shape index (κ3) is 3.36. The topological polar surface area (TPSA) is 99.9 Å². The van der Waals surface area contributed by atoms with E-state index in [0.717, 1.165) is 11.0 Å². The van der Waals surface area contributed by atoms with Gasteiger partial charge in [-0.2, -0.15) is 0 Å². The van der Waals surface area contributed by atoms with Crippen molar-refractivity contribution in [3.05, 3.63) is 29.3 Å². The molecule has 1 saturated heterocycles. The molecule has 0 aromatic heterocycles. The van der Waals surface area contributed by atoms with E-state index in [2.05, 4.69) is 5.32 Å². The highest BCUT2D eigenvalue weighted by atomic mass is 16.7. The molecule has 0 bridgehead atoms. The minimum Gasteiger partial charge on any atom is -0.448 e. The number of carbonyl (C=O) groups is 2. The predicted molar refractivity (Wildman–Crippen MR) is 92.7 cm³/mol. The summed E-state index contributed by atoms with van der Waals surface area (Å²) in [4.78, 5) is 23.0. The summed E-state index contributed by atoms with van der Waals surface area (Å²) in [5.74, 6) is -0.195. The molecule has 3 rings (SSSR count). The maximum atomic E-state index is 12.2. The van der Waals surface area contributed by atoms with Gasteiger partial charge in [-0.15, -0.1) is 0 Å². The Morgan fingerprint density at radius 3 is 2.56 bits per heavy atom. The molecule has 0 spiro atoms. The van der Waals surface area contributed by atoms with Gasteiger partial charge in [-0.25, -0.2) is 4.79 Å². The second-order valence-corrected chi connectivity index (χ2v) is 7.51. The fraction of sp³-hybridized carbons (Fsp3) is 0.529. The molecule has 0 saturated carbocycles. The first-order chi connectivity index (χ1) is 11.6. The summed E-state index contributed by atoms with van der Waals surface area (Å²) in [7, 11) is -0.486. The normalized spacial score (nSPS) is 23.8.